The lowest BCUT2D eigenvalue weighted by Gasteiger charge is -2.32. The van der Waals surface area contributed by atoms with Gasteiger partial charge in [0.05, 0.1) is 18.3 Å². The highest BCUT2D eigenvalue weighted by molar-refractivity contribution is 5.89. The quantitative estimate of drug-likeness (QED) is 0.112. The maximum absolute atomic E-state index is 11.9. The molecule has 1 aliphatic carbocycles. The first kappa shape index (κ1) is 30.7. The van der Waals surface area contributed by atoms with E-state index in [4.69, 9.17) is 14.2 Å². The van der Waals surface area contributed by atoms with Crippen LogP contribution in [0.4, 0.5) is 0 Å². The first-order valence-electron chi connectivity index (χ1n) is 15.5. The van der Waals surface area contributed by atoms with Crippen molar-refractivity contribution in [1.29, 1.82) is 0 Å². The summed E-state index contributed by atoms with van der Waals surface area (Å²) >= 11 is 0. The van der Waals surface area contributed by atoms with Crippen molar-refractivity contribution < 1.29 is 19.0 Å². The van der Waals surface area contributed by atoms with Crippen molar-refractivity contribution in [3.8, 4) is 22.8 Å². The minimum atomic E-state index is -0.374. The molecule has 1 aliphatic rings. The fraction of sp³-hybridized carbons (Fsp3) is 0.528. The zero-order chi connectivity index (χ0) is 29.6. The van der Waals surface area contributed by atoms with Gasteiger partial charge in [-0.3, -0.25) is 0 Å². The van der Waals surface area contributed by atoms with Crippen LogP contribution in [0.2, 0.25) is 0 Å². The Morgan fingerprint density at radius 3 is 2.56 bits per heavy atom. The highest BCUT2D eigenvalue weighted by Gasteiger charge is 2.47. The number of esters is 1. The fourth-order valence-electron chi connectivity index (χ4n) is 6.14. The number of carbonyl (C=O) groups excluding carboxylic acids is 1. The molecule has 222 valence electrons. The number of aryl methyl sites for hydroxylation is 2. The van der Waals surface area contributed by atoms with Gasteiger partial charge in [-0.1, -0.05) is 60.1 Å². The summed E-state index contributed by atoms with van der Waals surface area (Å²) in [5.74, 6) is 2.06. The lowest BCUT2D eigenvalue weighted by molar-refractivity contribution is -0.148. The molecular formula is C36H49NO4. The summed E-state index contributed by atoms with van der Waals surface area (Å²) in [6.45, 7) is 15.5. The van der Waals surface area contributed by atoms with Gasteiger partial charge in [0.25, 0.3) is 0 Å². The second-order valence-electron chi connectivity index (χ2n) is 12.6. The minimum Gasteiger partial charge on any atom is -0.496 e. The number of rotatable bonds is 14. The predicted molar refractivity (Wildman–Crippen MR) is 169 cm³/mol. The molecule has 3 aromatic rings. The molecule has 41 heavy (non-hydrogen) atoms. The van der Waals surface area contributed by atoms with Crippen molar-refractivity contribution in [3.05, 3.63) is 60.7 Å². The number of nitrogens with zero attached hydrogens (tertiary/aromatic N) is 1. The van der Waals surface area contributed by atoms with Gasteiger partial charge in [-0.25, -0.2) is 4.79 Å². The van der Waals surface area contributed by atoms with E-state index in [1.807, 2.05) is 0 Å². The summed E-state index contributed by atoms with van der Waals surface area (Å²) in [4.78, 5) is 11.9. The van der Waals surface area contributed by atoms with Gasteiger partial charge in [0.2, 0.25) is 0 Å². The molecule has 0 amide bonds. The van der Waals surface area contributed by atoms with Crippen LogP contribution in [-0.2, 0) is 22.5 Å². The number of methoxy groups -OCH3 is 1. The zero-order valence-corrected chi connectivity index (χ0v) is 26.0. The van der Waals surface area contributed by atoms with Crippen LogP contribution in [-0.4, -0.2) is 29.9 Å². The zero-order valence-electron chi connectivity index (χ0n) is 26.0. The Bertz CT molecular complexity index is 1330. The van der Waals surface area contributed by atoms with E-state index in [-0.39, 0.29) is 23.6 Å². The van der Waals surface area contributed by atoms with E-state index in [0.29, 0.717) is 5.92 Å². The molecule has 2 atom stereocenters. The number of carbonyl (C=O) groups is 1. The van der Waals surface area contributed by atoms with E-state index < -0.39 is 0 Å². The van der Waals surface area contributed by atoms with Crippen LogP contribution in [0.15, 0.2) is 55.1 Å². The maximum Gasteiger partial charge on any atom is 0.330 e. The third kappa shape index (κ3) is 7.17. The smallest absolute Gasteiger partial charge is 0.330 e. The van der Waals surface area contributed by atoms with Gasteiger partial charge in [0.15, 0.2) is 0 Å². The SMILES string of the molecule is C=CC(=O)OC1CCC(Oc2ccc3cc(-c4ccc(CCCCC)cc4OC)n(CCCC(C)C)c3c2)C1(C)C. The Hall–Kier alpha value is -3.21. The average molecular weight is 560 g/mol. The number of unbranched alkanes of at least 4 members (excludes halogenated alkanes) is 2. The molecule has 1 heterocycles. The van der Waals surface area contributed by atoms with Gasteiger partial charge in [-0.05, 0) is 80.3 Å². The van der Waals surface area contributed by atoms with E-state index in [1.165, 1.54) is 53.9 Å². The Balaban J connectivity index is 1.67. The molecule has 0 N–H and O–H groups in total. The van der Waals surface area contributed by atoms with Gasteiger partial charge >= 0.3 is 5.97 Å². The third-order valence-electron chi connectivity index (χ3n) is 8.70. The molecule has 4 rings (SSSR count). The second kappa shape index (κ2) is 13.6. The molecule has 5 nitrogen and oxygen atoms in total. The third-order valence-corrected chi connectivity index (χ3v) is 8.70. The largest absolute Gasteiger partial charge is 0.496 e. The first-order valence-corrected chi connectivity index (χ1v) is 15.5. The molecule has 2 aromatic carbocycles. The van der Waals surface area contributed by atoms with E-state index in [0.717, 1.165) is 49.3 Å². The van der Waals surface area contributed by atoms with E-state index in [9.17, 15) is 4.79 Å². The van der Waals surface area contributed by atoms with Crippen molar-refractivity contribution in [2.45, 2.75) is 105 Å². The average Bonchev–Trinajstić information content (AvgIpc) is 3.44. The van der Waals surface area contributed by atoms with Crippen LogP contribution < -0.4 is 9.47 Å². The number of hydrogen-bond acceptors (Lipinski definition) is 4. The van der Waals surface area contributed by atoms with Gasteiger partial charge in [-0.2, -0.15) is 0 Å². The van der Waals surface area contributed by atoms with Gasteiger partial charge in [0, 0.05) is 35.1 Å². The topological polar surface area (TPSA) is 49.7 Å². The summed E-state index contributed by atoms with van der Waals surface area (Å²) in [7, 11) is 1.77. The molecule has 0 radical (unpaired) electrons. The summed E-state index contributed by atoms with van der Waals surface area (Å²) < 4.78 is 20.6. The summed E-state index contributed by atoms with van der Waals surface area (Å²) in [5, 5.41) is 1.19. The second-order valence-corrected chi connectivity index (χ2v) is 12.6. The molecule has 0 spiro atoms. The maximum atomic E-state index is 11.9. The number of aromatic nitrogens is 1. The van der Waals surface area contributed by atoms with Crippen molar-refractivity contribution in [3.63, 3.8) is 0 Å². The van der Waals surface area contributed by atoms with Gasteiger partial charge < -0.3 is 18.8 Å². The van der Waals surface area contributed by atoms with E-state index in [2.05, 4.69) is 88.2 Å². The molecule has 2 unspecified atom stereocenters. The Labute approximate surface area is 246 Å². The van der Waals surface area contributed by atoms with Crippen LogP contribution >= 0.6 is 0 Å². The Morgan fingerprint density at radius 1 is 1.07 bits per heavy atom. The van der Waals surface area contributed by atoms with Crippen molar-refractivity contribution >= 4 is 16.9 Å². The van der Waals surface area contributed by atoms with Crippen molar-refractivity contribution in [1.82, 2.24) is 4.57 Å². The highest BCUT2D eigenvalue weighted by Crippen LogP contribution is 2.43. The molecule has 0 aliphatic heterocycles. The molecular weight excluding hydrogens is 510 g/mol. The molecule has 0 saturated heterocycles. The number of benzene rings is 2. The first-order chi connectivity index (χ1) is 19.7. The monoisotopic (exact) mass is 559 g/mol. The predicted octanol–water partition coefficient (Wildman–Crippen LogP) is 9.15. The lowest BCUT2D eigenvalue weighted by Crippen LogP contribution is -2.38. The molecule has 1 saturated carbocycles. The van der Waals surface area contributed by atoms with Crippen molar-refractivity contribution in [2.75, 3.05) is 7.11 Å². The molecule has 1 fully saturated rings. The Morgan fingerprint density at radius 2 is 1.85 bits per heavy atom. The highest BCUT2D eigenvalue weighted by atomic mass is 16.5. The van der Waals surface area contributed by atoms with Gasteiger partial charge in [-0.15, -0.1) is 0 Å². The Kier molecular flexibility index (Phi) is 10.2. The standard InChI is InChI=1S/C36H49NO4/c1-8-10-11-14-26-15-18-29(32(22-26)39-7)31-23-27-16-17-28(24-30(27)37(31)21-12-13-25(3)4)40-33-19-20-34(36(33,5)6)41-35(38)9-2/h9,15-18,22-25,33-34H,2,8,10-14,19-21H2,1,3-7H3. The van der Waals surface area contributed by atoms with Crippen LogP contribution in [0, 0.1) is 11.3 Å². The number of ether oxygens (including phenoxy) is 3. The lowest BCUT2D eigenvalue weighted by atomic mass is 9.87. The van der Waals surface area contributed by atoms with Crippen LogP contribution in [0.25, 0.3) is 22.2 Å². The number of fused-ring (bicyclic) bond motifs is 1. The van der Waals surface area contributed by atoms with E-state index >= 15 is 0 Å². The van der Waals surface area contributed by atoms with Gasteiger partial charge in [0.1, 0.15) is 23.7 Å². The molecule has 0 bridgehead atoms. The summed E-state index contributed by atoms with van der Waals surface area (Å²) in [6, 6.07) is 15.4. The number of hydrogen-bond donors (Lipinski definition) is 0. The van der Waals surface area contributed by atoms with Crippen LogP contribution in [0.3, 0.4) is 0 Å². The minimum absolute atomic E-state index is 0.0493. The normalized spacial score (nSPS) is 18.1. The molecule has 5 heteroatoms. The fourth-order valence-corrected chi connectivity index (χ4v) is 6.14. The summed E-state index contributed by atoms with van der Waals surface area (Å²) in [5.41, 5.74) is 4.49. The van der Waals surface area contributed by atoms with Crippen LogP contribution in [0.5, 0.6) is 11.5 Å². The summed E-state index contributed by atoms with van der Waals surface area (Å²) in [6.07, 6.45) is 9.63. The van der Waals surface area contributed by atoms with E-state index in [1.54, 1.807) is 7.11 Å². The molecule has 1 aromatic heterocycles. The van der Waals surface area contributed by atoms with Crippen molar-refractivity contribution in [2.24, 2.45) is 11.3 Å². The van der Waals surface area contributed by atoms with Crippen LogP contribution in [0.1, 0.15) is 85.1 Å².